The molecule has 4 atom stereocenters. The predicted molar refractivity (Wildman–Crippen MR) is 144 cm³/mol. The molecule has 38 heavy (non-hydrogen) atoms. The molecule has 0 saturated carbocycles. The molecule has 0 aliphatic rings. The summed E-state index contributed by atoms with van der Waals surface area (Å²) in [6, 6.07) is 6.97. The summed E-state index contributed by atoms with van der Waals surface area (Å²) in [5.74, 6) is -2.96. The van der Waals surface area contributed by atoms with Gasteiger partial charge in [-0.15, -0.1) is 0 Å². The van der Waals surface area contributed by atoms with Gasteiger partial charge in [0.1, 0.15) is 6.04 Å². The second-order valence-corrected chi connectivity index (χ2v) is 10.6. The molecule has 0 bridgehead atoms. The van der Waals surface area contributed by atoms with Crippen molar-refractivity contribution in [2.75, 3.05) is 13.2 Å². The Bertz CT molecular complexity index is 876. The number of aliphatic hydroxyl groups is 2. The molecule has 1 aromatic rings. The molecule has 0 aromatic heterocycles. The molecule has 3 amide bonds. The first kappa shape index (κ1) is 33.0. The minimum absolute atomic E-state index is 0.0280. The minimum atomic E-state index is -1.41. The van der Waals surface area contributed by atoms with Crippen molar-refractivity contribution in [1.29, 1.82) is 0 Å². The summed E-state index contributed by atoms with van der Waals surface area (Å²) in [7, 11) is 0. The van der Waals surface area contributed by atoms with Crippen LogP contribution in [0.15, 0.2) is 30.3 Å². The lowest BCUT2D eigenvalue weighted by Gasteiger charge is -2.28. The fourth-order valence-corrected chi connectivity index (χ4v) is 4.03. The van der Waals surface area contributed by atoms with Gasteiger partial charge in [-0.3, -0.25) is 14.4 Å². The Kier molecular flexibility index (Phi) is 15.2. The number of hydrogen-bond acceptors (Lipinski definition) is 6. The van der Waals surface area contributed by atoms with Crippen molar-refractivity contribution in [3.8, 4) is 0 Å². The van der Waals surface area contributed by atoms with Gasteiger partial charge < -0.3 is 31.3 Å². The van der Waals surface area contributed by atoms with Crippen molar-refractivity contribution >= 4 is 23.7 Å². The Balaban J connectivity index is 3.02. The van der Waals surface area contributed by atoms with E-state index in [1.54, 1.807) is 0 Å². The summed E-state index contributed by atoms with van der Waals surface area (Å²) in [6.07, 6.45) is -0.424. The van der Waals surface area contributed by atoms with E-state index < -0.39 is 48.3 Å². The lowest BCUT2D eigenvalue weighted by molar-refractivity contribution is -0.143. The van der Waals surface area contributed by atoms with Crippen LogP contribution >= 0.6 is 0 Å². The molecule has 0 saturated heterocycles. The molecule has 1 rings (SSSR count). The summed E-state index contributed by atoms with van der Waals surface area (Å²) in [6.45, 7) is 7.99. The molecule has 6 N–H and O–H groups in total. The smallest absolute Gasteiger partial charge is 0.326 e. The van der Waals surface area contributed by atoms with Crippen LogP contribution in [0.5, 0.6) is 0 Å². The van der Waals surface area contributed by atoms with E-state index in [0.717, 1.165) is 5.56 Å². The number of nitrogens with one attached hydrogen (secondary N) is 3. The molecule has 0 aliphatic heterocycles. The Morgan fingerprint density at radius 2 is 1.53 bits per heavy atom. The zero-order valence-electron chi connectivity index (χ0n) is 23.0. The van der Waals surface area contributed by atoms with Crippen LogP contribution in [0.1, 0.15) is 65.4 Å². The fourth-order valence-electron chi connectivity index (χ4n) is 4.03. The number of carbonyl (C=O) groups excluding carboxylic acids is 3. The monoisotopic (exact) mass is 535 g/mol. The molecule has 214 valence electrons. The topological polar surface area (TPSA) is 165 Å². The lowest BCUT2D eigenvalue weighted by Crippen LogP contribution is -2.50. The van der Waals surface area contributed by atoms with Gasteiger partial charge in [0.05, 0.1) is 18.6 Å². The normalized spacial score (nSPS) is 14.4. The molecule has 10 heteroatoms. The van der Waals surface area contributed by atoms with E-state index in [2.05, 4.69) is 16.0 Å². The van der Waals surface area contributed by atoms with E-state index in [4.69, 9.17) is 0 Å². The highest BCUT2D eigenvalue weighted by Crippen LogP contribution is 2.19. The predicted octanol–water partition coefficient (Wildman–Crippen LogP) is 1.63. The van der Waals surface area contributed by atoms with E-state index in [9.17, 15) is 34.5 Å². The molecule has 10 nitrogen and oxygen atoms in total. The second kappa shape index (κ2) is 17.5. The number of aliphatic carboxylic acids is 1. The van der Waals surface area contributed by atoms with E-state index in [0.29, 0.717) is 19.4 Å². The van der Waals surface area contributed by atoms with Crippen LogP contribution < -0.4 is 16.0 Å². The molecule has 0 unspecified atom stereocenters. The molecule has 0 aliphatic carbocycles. The maximum atomic E-state index is 12.9. The highest BCUT2D eigenvalue weighted by molar-refractivity contribution is 5.88. The summed E-state index contributed by atoms with van der Waals surface area (Å²) < 4.78 is 0. The van der Waals surface area contributed by atoms with Gasteiger partial charge in [0.2, 0.25) is 17.7 Å². The average molecular weight is 536 g/mol. The van der Waals surface area contributed by atoms with Crippen molar-refractivity contribution in [2.45, 2.75) is 84.4 Å². The van der Waals surface area contributed by atoms with E-state index in [1.807, 2.05) is 58.0 Å². The zero-order valence-corrected chi connectivity index (χ0v) is 23.0. The third-order valence-electron chi connectivity index (χ3n) is 6.02. The highest BCUT2D eigenvalue weighted by Gasteiger charge is 2.30. The van der Waals surface area contributed by atoms with Gasteiger partial charge in [0.25, 0.3) is 0 Å². The number of carbonyl (C=O) groups is 4. The van der Waals surface area contributed by atoms with Crippen LogP contribution in [0.3, 0.4) is 0 Å². The largest absolute Gasteiger partial charge is 0.480 e. The summed E-state index contributed by atoms with van der Waals surface area (Å²) in [5, 5.41) is 38.0. The standard InChI is InChI=1S/C28H45N3O7/c1-18(2)13-25(34)31-23(28(37)38)16-26(35)30-22(14-20-9-6-5-7-10-20)24(33)15-21(11-8-12-32)27(36)29-17-19(3)4/h5-7,9-10,18-19,21-24,32-33H,8,11-17H2,1-4H3,(H,29,36)(H,30,35)(H,31,34)(H,37,38)/t21-,22-,23-,24-/m0/s1. The van der Waals surface area contributed by atoms with E-state index in [1.165, 1.54) is 0 Å². The highest BCUT2D eigenvalue weighted by atomic mass is 16.4. The first-order chi connectivity index (χ1) is 17.9. The molecule has 0 fully saturated rings. The number of carboxylic acid groups (broad SMARTS) is 1. The maximum Gasteiger partial charge on any atom is 0.326 e. The van der Waals surface area contributed by atoms with Crippen LogP contribution in [0.25, 0.3) is 0 Å². The minimum Gasteiger partial charge on any atom is -0.480 e. The fraction of sp³-hybridized carbons (Fsp3) is 0.643. The van der Waals surface area contributed by atoms with Gasteiger partial charge in [-0.2, -0.15) is 0 Å². The van der Waals surface area contributed by atoms with Gasteiger partial charge in [-0.25, -0.2) is 4.79 Å². The summed E-state index contributed by atoms with van der Waals surface area (Å²) in [4.78, 5) is 49.5. The molecule has 0 radical (unpaired) electrons. The van der Waals surface area contributed by atoms with Gasteiger partial charge in [0.15, 0.2) is 0 Å². The first-order valence-electron chi connectivity index (χ1n) is 13.3. The van der Waals surface area contributed by atoms with Crippen LogP contribution in [-0.2, 0) is 25.6 Å². The quantitative estimate of drug-likeness (QED) is 0.166. The van der Waals surface area contributed by atoms with Crippen LogP contribution in [0.2, 0.25) is 0 Å². The summed E-state index contributed by atoms with van der Waals surface area (Å²) in [5.41, 5.74) is 0.841. The average Bonchev–Trinajstić information content (AvgIpc) is 2.84. The Morgan fingerprint density at radius 3 is 2.08 bits per heavy atom. The zero-order chi connectivity index (χ0) is 28.7. The number of rotatable bonds is 18. The molecule has 1 aromatic carbocycles. The number of aliphatic hydroxyl groups excluding tert-OH is 2. The molecule has 0 heterocycles. The van der Waals surface area contributed by atoms with Gasteiger partial charge >= 0.3 is 5.97 Å². The Labute approximate surface area is 225 Å². The van der Waals surface area contributed by atoms with E-state index in [-0.39, 0.29) is 43.6 Å². The molecular weight excluding hydrogens is 490 g/mol. The summed E-state index contributed by atoms with van der Waals surface area (Å²) >= 11 is 0. The maximum absolute atomic E-state index is 12.9. The van der Waals surface area contributed by atoms with E-state index >= 15 is 0 Å². The van der Waals surface area contributed by atoms with Crippen LogP contribution in [0, 0.1) is 17.8 Å². The van der Waals surface area contributed by atoms with Gasteiger partial charge in [-0.1, -0.05) is 58.0 Å². The van der Waals surface area contributed by atoms with Crippen molar-refractivity contribution in [3.05, 3.63) is 35.9 Å². The SMILES string of the molecule is CC(C)CNC(=O)[C@@H](CCCO)C[C@H](O)[C@H](Cc1ccccc1)NC(=O)C[C@H](NC(=O)CC(C)C)C(=O)O. The number of carboxylic acids is 1. The van der Waals surface area contributed by atoms with Crippen molar-refractivity contribution in [3.63, 3.8) is 0 Å². The number of benzene rings is 1. The van der Waals surface area contributed by atoms with Crippen LogP contribution in [0.4, 0.5) is 0 Å². The number of hydrogen-bond donors (Lipinski definition) is 6. The van der Waals surface area contributed by atoms with Crippen molar-refractivity contribution in [1.82, 2.24) is 16.0 Å². The molecular formula is C28H45N3O7. The second-order valence-electron chi connectivity index (χ2n) is 10.6. The Hall–Kier alpha value is -2.98. The third-order valence-corrected chi connectivity index (χ3v) is 6.02. The van der Waals surface area contributed by atoms with Gasteiger partial charge in [-0.05, 0) is 43.1 Å². The lowest BCUT2D eigenvalue weighted by atomic mass is 9.89. The molecule has 0 spiro atoms. The Morgan fingerprint density at radius 1 is 0.895 bits per heavy atom. The third kappa shape index (κ3) is 13.5. The number of amides is 3. The van der Waals surface area contributed by atoms with Crippen molar-refractivity contribution in [2.24, 2.45) is 17.8 Å². The van der Waals surface area contributed by atoms with Crippen LogP contribution in [-0.4, -0.2) is 70.3 Å². The van der Waals surface area contributed by atoms with Gasteiger partial charge in [0, 0.05) is 25.5 Å². The van der Waals surface area contributed by atoms with Crippen molar-refractivity contribution < 1.29 is 34.5 Å². The first-order valence-corrected chi connectivity index (χ1v) is 13.3.